The van der Waals surface area contributed by atoms with Crippen LogP contribution in [-0.4, -0.2) is 29.8 Å². The molecule has 1 aliphatic rings. The van der Waals surface area contributed by atoms with Crippen LogP contribution in [0.3, 0.4) is 0 Å². The summed E-state index contributed by atoms with van der Waals surface area (Å²) < 4.78 is 0. The van der Waals surface area contributed by atoms with Gasteiger partial charge in [0.05, 0.1) is 6.61 Å². The van der Waals surface area contributed by atoms with Crippen LogP contribution in [-0.2, 0) is 0 Å². The number of hydrogen-bond acceptors (Lipinski definition) is 4. The van der Waals surface area contributed by atoms with E-state index < -0.39 is 0 Å². The Bertz CT molecular complexity index is 375. The molecular formula is C14H23N3O. The number of pyridine rings is 1. The Kier molecular flexibility index (Phi) is 4.42. The van der Waals surface area contributed by atoms with Crippen LogP contribution in [0.5, 0.6) is 0 Å². The molecule has 18 heavy (non-hydrogen) atoms. The maximum atomic E-state index is 9.56. The topological polar surface area (TPSA) is 57.2 Å². The van der Waals surface area contributed by atoms with Crippen molar-refractivity contribution in [1.82, 2.24) is 4.98 Å². The maximum Gasteiger partial charge on any atom is 0.128 e. The van der Waals surface area contributed by atoms with Crippen molar-refractivity contribution in [3.05, 3.63) is 18.2 Å². The highest BCUT2D eigenvalue weighted by Gasteiger charge is 2.32. The molecule has 100 valence electrons. The van der Waals surface area contributed by atoms with Gasteiger partial charge in [-0.1, -0.05) is 18.9 Å². The molecule has 0 saturated heterocycles. The highest BCUT2D eigenvalue weighted by atomic mass is 16.3. The number of anilines is 2. The van der Waals surface area contributed by atoms with Crippen LogP contribution in [0.15, 0.2) is 18.2 Å². The van der Waals surface area contributed by atoms with E-state index in [4.69, 9.17) is 0 Å². The highest BCUT2D eigenvalue weighted by Crippen LogP contribution is 2.37. The Morgan fingerprint density at radius 2 is 1.89 bits per heavy atom. The largest absolute Gasteiger partial charge is 0.396 e. The summed E-state index contributed by atoms with van der Waals surface area (Å²) in [4.78, 5) is 4.49. The SMILES string of the molecule is CCNc1cccc(NCC2(CO)CCCC2)n1. The van der Waals surface area contributed by atoms with Gasteiger partial charge in [0, 0.05) is 18.5 Å². The van der Waals surface area contributed by atoms with E-state index in [-0.39, 0.29) is 12.0 Å². The zero-order valence-electron chi connectivity index (χ0n) is 11.1. The molecule has 1 aliphatic carbocycles. The molecule has 0 amide bonds. The van der Waals surface area contributed by atoms with Crippen LogP contribution in [0.1, 0.15) is 32.6 Å². The average molecular weight is 249 g/mol. The first kappa shape index (κ1) is 13.1. The number of aromatic nitrogens is 1. The standard InChI is InChI=1S/C14H23N3O/c1-2-15-12-6-5-7-13(17-12)16-10-14(11-18)8-3-4-9-14/h5-7,18H,2-4,8-11H2,1H3,(H2,15,16,17). The van der Waals surface area contributed by atoms with Gasteiger partial charge in [0.1, 0.15) is 11.6 Å². The molecular weight excluding hydrogens is 226 g/mol. The van der Waals surface area contributed by atoms with E-state index in [9.17, 15) is 5.11 Å². The lowest BCUT2D eigenvalue weighted by Crippen LogP contribution is -2.30. The van der Waals surface area contributed by atoms with E-state index in [0.717, 1.165) is 37.6 Å². The van der Waals surface area contributed by atoms with Gasteiger partial charge in [-0.3, -0.25) is 0 Å². The van der Waals surface area contributed by atoms with Crippen LogP contribution in [0, 0.1) is 5.41 Å². The van der Waals surface area contributed by atoms with Crippen molar-refractivity contribution >= 4 is 11.6 Å². The van der Waals surface area contributed by atoms with Crippen molar-refractivity contribution in [2.24, 2.45) is 5.41 Å². The van der Waals surface area contributed by atoms with E-state index in [2.05, 4.69) is 22.5 Å². The molecule has 0 atom stereocenters. The third-order valence-corrected chi connectivity index (χ3v) is 3.75. The molecule has 0 radical (unpaired) electrons. The summed E-state index contributed by atoms with van der Waals surface area (Å²) in [6.45, 7) is 4.01. The molecule has 0 aromatic carbocycles. The van der Waals surface area contributed by atoms with Crippen molar-refractivity contribution in [1.29, 1.82) is 0 Å². The van der Waals surface area contributed by atoms with Gasteiger partial charge in [0.15, 0.2) is 0 Å². The Hall–Kier alpha value is -1.29. The minimum atomic E-state index is 0.0653. The quantitative estimate of drug-likeness (QED) is 0.725. The number of nitrogens with zero attached hydrogens (tertiary/aromatic N) is 1. The van der Waals surface area contributed by atoms with Crippen LogP contribution in [0.25, 0.3) is 0 Å². The molecule has 0 unspecified atom stereocenters. The summed E-state index contributed by atoms with van der Waals surface area (Å²) in [6.07, 6.45) is 4.69. The van der Waals surface area contributed by atoms with Gasteiger partial charge in [0.25, 0.3) is 0 Å². The van der Waals surface area contributed by atoms with Crippen LogP contribution in [0.4, 0.5) is 11.6 Å². The summed E-state index contributed by atoms with van der Waals surface area (Å²) in [7, 11) is 0. The zero-order valence-corrected chi connectivity index (χ0v) is 11.1. The predicted molar refractivity (Wildman–Crippen MR) is 74.9 cm³/mol. The molecule has 1 fully saturated rings. The van der Waals surface area contributed by atoms with Crippen LogP contribution < -0.4 is 10.6 Å². The van der Waals surface area contributed by atoms with E-state index in [1.165, 1.54) is 12.8 Å². The molecule has 4 heteroatoms. The van der Waals surface area contributed by atoms with E-state index >= 15 is 0 Å². The molecule has 1 aromatic rings. The molecule has 1 aromatic heterocycles. The smallest absolute Gasteiger partial charge is 0.128 e. The molecule has 1 heterocycles. The fourth-order valence-electron chi connectivity index (χ4n) is 2.61. The van der Waals surface area contributed by atoms with Gasteiger partial charge in [-0.25, -0.2) is 4.98 Å². The third kappa shape index (κ3) is 3.13. The maximum absolute atomic E-state index is 9.56. The van der Waals surface area contributed by atoms with Gasteiger partial charge in [0.2, 0.25) is 0 Å². The summed E-state index contributed by atoms with van der Waals surface area (Å²) in [5, 5.41) is 16.1. The summed E-state index contributed by atoms with van der Waals surface area (Å²) in [6, 6.07) is 5.93. The minimum absolute atomic E-state index is 0.0653. The Morgan fingerprint density at radius 1 is 1.22 bits per heavy atom. The van der Waals surface area contributed by atoms with Gasteiger partial charge in [-0.05, 0) is 31.9 Å². The van der Waals surface area contributed by atoms with Crippen molar-refractivity contribution in [3.63, 3.8) is 0 Å². The molecule has 0 spiro atoms. The summed E-state index contributed by atoms with van der Waals surface area (Å²) in [5.74, 6) is 1.78. The van der Waals surface area contributed by atoms with Crippen molar-refractivity contribution in [2.75, 3.05) is 30.3 Å². The second kappa shape index (κ2) is 6.05. The molecule has 1 saturated carbocycles. The molecule has 4 nitrogen and oxygen atoms in total. The average Bonchev–Trinajstić information content (AvgIpc) is 2.87. The minimum Gasteiger partial charge on any atom is -0.396 e. The second-order valence-electron chi connectivity index (χ2n) is 5.16. The third-order valence-electron chi connectivity index (χ3n) is 3.75. The Morgan fingerprint density at radius 3 is 2.50 bits per heavy atom. The fraction of sp³-hybridized carbons (Fsp3) is 0.643. The second-order valence-corrected chi connectivity index (χ2v) is 5.16. The van der Waals surface area contributed by atoms with Crippen molar-refractivity contribution in [3.8, 4) is 0 Å². The van der Waals surface area contributed by atoms with Gasteiger partial charge >= 0.3 is 0 Å². The molecule has 0 aliphatic heterocycles. The lowest BCUT2D eigenvalue weighted by atomic mass is 9.87. The fourth-order valence-corrected chi connectivity index (χ4v) is 2.61. The molecule has 0 bridgehead atoms. The van der Waals surface area contributed by atoms with E-state index in [0.29, 0.717) is 0 Å². The van der Waals surface area contributed by atoms with E-state index in [1.54, 1.807) is 0 Å². The summed E-state index contributed by atoms with van der Waals surface area (Å²) >= 11 is 0. The van der Waals surface area contributed by atoms with Crippen LogP contribution in [0.2, 0.25) is 0 Å². The first-order chi connectivity index (χ1) is 8.78. The first-order valence-electron chi connectivity index (χ1n) is 6.84. The normalized spacial score (nSPS) is 17.7. The summed E-state index contributed by atoms with van der Waals surface area (Å²) in [5.41, 5.74) is 0.0653. The number of aliphatic hydroxyl groups is 1. The van der Waals surface area contributed by atoms with Gasteiger partial charge in [-0.2, -0.15) is 0 Å². The predicted octanol–water partition coefficient (Wildman–Crippen LogP) is 2.48. The van der Waals surface area contributed by atoms with Crippen molar-refractivity contribution in [2.45, 2.75) is 32.6 Å². The number of rotatable bonds is 6. The van der Waals surface area contributed by atoms with Gasteiger partial charge < -0.3 is 15.7 Å². The lowest BCUT2D eigenvalue weighted by Gasteiger charge is -2.26. The Balaban J connectivity index is 1.94. The first-order valence-corrected chi connectivity index (χ1v) is 6.84. The van der Waals surface area contributed by atoms with Crippen molar-refractivity contribution < 1.29 is 5.11 Å². The zero-order chi connectivity index (χ0) is 12.8. The van der Waals surface area contributed by atoms with Gasteiger partial charge in [-0.15, -0.1) is 0 Å². The Labute approximate surface area is 109 Å². The van der Waals surface area contributed by atoms with Crippen LogP contribution >= 0.6 is 0 Å². The number of hydrogen-bond donors (Lipinski definition) is 3. The van der Waals surface area contributed by atoms with E-state index in [1.807, 2.05) is 18.2 Å². The lowest BCUT2D eigenvalue weighted by molar-refractivity contribution is 0.142. The number of aliphatic hydroxyl groups excluding tert-OH is 1. The molecule has 3 N–H and O–H groups in total. The highest BCUT2D eigenvalue weighted by molar-refractivity contribution is 5.45. The number of nitrogens with one attached hydrogen (secondary N) is 2. The monoisotopic (exact) mass is 249 g/mol. The molecule has 2 rings (SSSR count).